The Morgan fingerprint density at radius 3 is 2.16 bits per heavy atom. The van der Waals surface area contributed by atoms with E-state index >= 15 is 0 Å². The molecule has 0 aliphatic heterocycles. The van der Waals surface area contributed by atoms with E-state index in [9.17, 15) is 30.8 Å². The van der Waals surface area contributed by atoms with Gasteiger partial charge in [0.1, 0.15) is 0 Å². The second-order valence-corrected chi connectivity index (χ2v) is 6.60. The summed E-state index contributed by atoms with van der Waals surface area (Å²) >= 11 is 0. The van der Waals surface area contributed by atoms with E-state index in [0.717, 1.165) is 0 Å². The molecule has 25 heavy (non-hydrogen) atoms. The van der Waals surface area contributed by atoms with Crippen LogP contribution in [0.4, 0.5) is 17.6 Å². The van der Waals surface area contributed by atoms with E-state index in [2.05, 4.69) is 5.32 Å². The van der Waals surface area contributed by atoms with Crippen LogP contribution in [0.2, 0.25) is 0 Å². The van der Waals surface area contributed by atoms with Crippen molar-refractivity contribution in [3.05, 3.63) is 64.7 Å². The standard InChI is InChI=1S/C15H12F4N2O3S/c16-11-7-10(12(17)14(19)13(11)18)15(22)21-6-5-8-1-3-9(4-2-8)25(20,23)24/h1-4,7H,5-6H2,(H,21,22)(H2,20,23,24). The number of nitrogens with one attached hydrogen (secondary N) is 1. The molecule has 0 saturated carbocycles. The molecule has 5 nitrogen and oxygen atoms in total. The number of sulfonamides is 1. The monoisotopic (exact) mass is 376 g/mol. The Hall–Kier alpha value is -2.46. The summed E-state index contributed by atoms with van der Waals surface area (Å²) in [5, 5.41) is 7.18. The third kappa shape index (κ3) is 4.34. The van der Waals surface area contributed by atoms with Gasteiger partial charge in [-0.05, 0) is 30.2 Å². The summed E-state index contributed by atoms with van der Waals surface area (Å²) in [6.07, 6.45) is 0.227. The van der Waals surface area contributed by atoms with Crippen LogP contribution in [-0.2, 0) is 16.4 Å². The molecule has 0 aromatic heterocycles. The minimum Gasteiger partial charge on any atom is -0.352 e. The quantitative estimate of drug-likeness (QED) is 0.474. The van der Waals surface area contributed by atoms with Gasteiger partial charge in [-0.1, -0.05) is 12.1 Å². The van der Waals surface area contributed by atoms with Gasteiger partial charge in [0.25, 0.3) is 5.91 Å². The van der Waals surface area contributed by atoms with E-state index in [1.807, 2.05) is 0 Å². The van der Waals surface area contributed by atoms with Crippen molar-refractivity contribution < 1.29 is 30.8 Å². The Kier molecular flexibility index (Phi) is 5.43. The van der Waals surface area contributed by atoms with Gasteiger partial charge >= 0.3 is 0 Å². The first-order valence-corrected chi connectivity index (χ1v) is 8.39. The van der Waals surface area contributed by atoms with Gasteiger partial charge in [-0.25, -0.2) is 31.1 Å². The molecule has 2 rings (SSSR count). The maximum Gasteiger partial charge on any atom is 0.254 e. The smallest absolute Gasteiger partial charge is 0.254 e. The zero-order valence-electron chi connectivity index (χ0n) is 12.5. The van der Waals surface area contributed by atoms with Crippen LogP contribution in [0.1, 0.15) is 15.9 Å². The maximum atomic E-state index is 13.5. The predicted molar refractivity (Wildman–Crippen MR) is 80.1 cm³/mol. The topological polar surface area (TPSA) is 89.3 Å². The molecule has 3 N–H and O–H groups in total. The zero-order chi connectivity index (χ0) is 18.8. The summed E-state index contributed by atoms with van der Waals surface area (Å²) in [7, 11) is -3.82. The van der Waals surface area contributed by atoms with Crippen molar-refractivity contribution in [2.45, 2.75) is 11.3 Å². The highest BCUT2D eigenvalue weighted by Gasteiger charge is 2.22. The zero-order valence-corrected chi connectivity index (χ0v) is 13.3. The fourth-order valence-electron chi connectivity index (χ4n) is 2.00. The first-order chi connectivity index (χ1) is 11.6. The van der Waals surface area contributed by atoms with E-state index in [4.69, 9.17) is 5.14 Å². The molecule has 0 saturated heterocycles. The summed E-state index contributed by atoms with van der Waals surface area (Å²) in [6, 6.07) is 5.74. The van der Waals surface area contributed by atoms with Gasteiger partial charge < -0.3 is 5.32 Å². The summed E-state index contributed by atoms with van der Waals surface area (Å²) in [5.41, 5.74) is -0.328. The van der Waals surface area contributed by atoms with E-state index in [1.165, 1.54) is 24.3 Å². The fraction of sp³-hybridized carbons (Fsp3) is 0.133. The van der Waals surface area contributed by atoms with Crippen molar-refractivity contribution in [2.24, 2.45) is 5.14 Å². The molecule has 2 aromatic rings. The minimum absolute atomic E-state index is 0.0341. The van der Waals surface area contributed by atoms with E-state index < -0.39 is 44.8 Å². The Bertz CT molecular complexity index is 915. The number of carbonyl (C=O) groups excluding carboxylic acids is 1. The van der Waals surface area contributed by atoms with E-state index in [0.29, 0.717) is 5.56 Å². The van der Waals surface area contributed by atoms with Gasteiger partial charge in [0.05, 0.1) is 10.5 Å². The highest BCUT2D eigenvalue weighted by Crippen LogP contribution is 2.18. The molecule has 134 valence electrons. The molecule has 10 heteroatoms. The number of amides is 1. The summed E-state index contributed by atoms with van der Waals surface area (Å²) in [4.78, 5) is 11.7. The Balaban J connectivity index is 2.02. The lowest BCUT2D eigenvalue weighted by atomic mass is 10.1. The number of halogens is 4. The third-order valence-electron chi connectivity index (χ3n) is 3.30. The number of carbonyl (C=O) groups is 1. The minimum atomic E-state index is -3.82. The number of hydrogen-bond donors (Lipinski definition) is 2. The van der Waals surface area contributed by atoms with E-state index in [1.54, 1.807) is 0 Å². The first kappa shape index (κ1) is 18.9. The second-order valence-electron chi connectivity index (χ2n) is 5.04. The van der Waals surface area contributed by atoms with Crippen LogP contribution in [-0.4, -0.2) is 20.9 Å². The predicted octanol–water partition coefficient (Wildman–Crippen LogP) is 1.86. The molecule has 0 radical (unpaired) electrons. The molecule has 0 aliphatic carbocycles. The van der Waals surface area contributed by atoms with E-state index in [-0.39, 0.29) is 23.9 Å². The highest BCUT2D eigenvalue weighted by atomic mass is 32.2. The average Bonchev–Trinajstić information content (AvgIpc) is 2.55. The average molecular weight is 376 g/mol. The molecule has 0 unspecified atom stereocenters. The van der Waals surface area contributed by atoms with Crippen LogP contribution in [0.3, 0.4) is 0 Å². The Labute approximate surface area is 140 Å². The molecule has 0 fully saturated rings. The lowest BCUT2D eigenvalue weighted by Gasteiger charge is -2.08. The van der Waals surface area contributed by atoms with Crippen molar-refractivity contribution in [3.8, 4) is 0 Å². The van der Waals surface area contributed by atoms with Gasteiger partial charge in [0, 0.05) is 6.54 Å². The van der Waals surface area contributed by atoms with Crippen LogP contribution in [0.5, 0.6) is 0 Å². The van der Waals surface area contributed by atoms with Crippen molar-refractivity contribution in [3.63, 3.8) is 0 Å². The molecule has 0 heterocycles. The highest BCUT2D eigenvalue weighted by molar-refractivity contribution is 7.89. The summed E-state index contributed by atoms with van der Waals surface area (Å²) in [5.74, 6) is -8.64. The summed E-state index contributed by atoms with van der Waals surface area (Å²) < 4.78 is 74.7. The Morgan fingerprint density at radius 1 is 1.00 bits per heavy atom. The molecule has 0 aliphatic rings. The molecule has 0 spiro atoms. The normalized spacial score (nSPS) is 11.4. The van der Waals surface area contributed by atoms with Gasteiger partial charge in [-0.15, -0.1) is 0 Å². The van der Waals surface area contributed by atoms with Crippen LogP contribution >= 0.6 is 0 Å². The summed E-state index contributed by atoms with van der Waals surface area (Å²) in [6.45, 7) is -0.0341. The van der Waals surface area contributed by atoms with Crippen LogP contribution in [0.15, 0.2) is 35.2 Å². The largest absolute Gasteiger partial charge is 0.352 e. The SMILES string of the molecule is NS(=O)(=O)c1ccc(CCNC(=O)c2cc(F)c(F)c(F)c2F)cc1. The number of nitrogens with two attached hydrogens (primary N) is 1. The number of hydrogen-bond acceptors (Lipinski definition) is 3. The van der Waals surface area contributed by atoms with Crippen molar-refractivity contribution in [2.75, 3.05) is 6.54 Å². The van der Waals surface area contributed by atoms with Crippen LogP contribution < -0.4 is 10.5 Å². The number of rotatable bonds is 5. The second kappa shape index (κ2) is 7.19. The van der Waals surface area contributed by atoms with Gasteiger partial charge in [-0.2, -0.15) is 0 Å². The van der Waals surface area contributed by atoms with Gasteiger partial charge in [0.2, 0.25) is 10.0 Å². The van der Waals surface area contributed by atoms with Crippen molar-refractivity contribution >= 4 is 15.9 Å². The van der Waals surface area contributed by atoms with Crippen LogP contribution in [0, 0.1) is 23.3 Å². The number of benzene rings is 2. The Morgan fingerprint density at radius 2 is 1.60 bits per heavy atom. The van der Waals surface area contributed by atoms with Crippen molar-refractivity contribution in [1.82, 2.24) is 5.32 Å². The molecule has 0 atom stereocenters. The molecule has 0 bridgehead atoms. The maximum absolute atomic E-state index is 13.5. The van der Waals surface area contributed by atoms with Crippen molar-refractivity contribution in [1.29, 1.82) is 0 Å². The fourth-order valence-corrected chi connectivity index (χ4v) is 2.51. The molecule has 1 amide bonds. The third-order valence-corrected chi connectivity index (χ3v) is 4.23. The molecular formula is C15H12F4N2O3S. The molecule has 2 aromatic carbocycles. The number of primary sulfonamides is 1. The lowest BCUT2D eigenvalue weighted by molar-refractivity contribution is 0.0948. The van der Waals surface area contributed by atoms with Crippen LogP contribution in [0.25, 0.3) is 0 Å². The van der Waals surface area contributed by atoms with Gasteiger partial charge in [0.15, 0.2) is 23.3 Å². The lowest BCUT2D eigenvalue weighted by Crippen LogP contribution is -2.27. The molecular weight excluding hydrogens is 364 g/mol. The van der Waals surface area contributed by atoms with Gasteiger partial charge in [-0.3, -0.25) is 4.79 Å². The first-order valence-electron chi connectivity index (χ1n) is 6.84.